The fourth-order valence-corrected chi connectivity index (χ4v) is 3.23. The van der Waals surface area contributed by atoms with Crippen molar-refractivity contribution in [3.63, 3.8) is 0 Å². The van der Waals surface area contributed by atoms with Crippen molar-refractivity contribution in [2.75, 3.05) is 39.6 Å². The number of piperidine rings is 1. The second-order valence-electron chi connectivity index (χ2n) is 6.27. The molecular weight excluding hydrogens is 292 g/mol. The highest BCUT2D eigenvalue weighted by Crippen LogP contribution is 2.27. The van der Waals surface area contributed by atoms with Gasteiger partial charge in [0.05, 0.1) is 24.1 Å². The molecule has 0 bridgehead atoms. The fourth-order valence-electron chi connectivity index (χ4n) is 3.23. The van der Waals surface area contributed by atoms with E-state index in [0.717, 1.165) is 37.3 Å². The Labute approximate surface area is 135 Å². The lowest BCUT2D eigenvalue weighted by Gasteiger charge is -2.30. The molecule has 0 atom stereocenters. The van der Waals surface area contributed by atoms with Crippen molar-refractivity contribution >= 4 is 16.6 Å². The van der Waals surface area contributed by atoms with Crippen molar-refractivity contribution in [3.05, 3.63) is 34.4 Å². The van der Waals surface area contributed by atoms with Crippen molar-refractivity contribution in [1.82, 2.24) is 14.5 Å². The molecule has 2 heterocycles. The average molecular weight is 316 g/mol. The predicted octanol–water partition coefficient (Wildman–Crippen LogP) is 1.43. The molecule has 1 aromatic carbocycles. The van der Waals surface area contributed by atoms with Crippen molar-refractivity contribution in [1.29, 1.82) is 0 Å². The van der Waals surface area contributed by atoms with Gasteiger partial charge in [-0.1, -0.05) is 0 Å². The number of fused-ring (bicyclic) bond motifs is 1. The SMILES string of the molecule is COCCn1c(C2CCN(C)CC2)nc2ccc(N)cc2c1=O. The molecule has 1 saturated heterocycles. The number of hydrogen-bond acceptors (Lipinski definition) is 5. The molecule has 0 amide bonds. The number of rotatable bonds is 4. The summed E-state index contributed by atoms with van der Waals surface area (Å²) in [5.41, 5.74) is 7.13. The summed E-state index contributed by atoms with van der Waals surface area (Å²) in [6.45, 7) is 3.08. The third-order valence-electron chi connectivity index (χ3n) is 4.61. The molecule has 23 heavy (non-hydrogen) atoms. The third-order valence-corrected chi connectivity index (χ3v) is 4.61. The number of hydrogen-bond donors (Lipinski definition) is 1. The first-order valence-corrected chi connectivity index (χ1v) is 8.07. The average Bonchev–Trinajstić information content (AvgIpc) is 2.55. The van der Waals surface area contributed by atoms with Gasteiger partial charge in [-0.05, 0) is 51.2 Å². The Kier molecular flexibility index (Phi) is 4.63. The first kappa shape index (κ1) is 16.0. The van der Waals surface area contributed by atoms with Crippen LogP contribution in [0, 0.1) is 0 Å². The summed E-state index contributed by atoms with van der Waals surface area (Å²) >= 11 is 0. The molecule has 1 aliphatic heterocycles. The van der Waals surface area contributed by atoms with Crippen LogP contribution >= 0.6 is 0 Å². The number of benzene rings is 1. The molecule has 3 rings (SSSR count). The molecule has 2 N–H and O–H groups in total. The number of nitrogens with two attached hydrogens (primary N) is 1. The third kappa shape index (κ3) is 3.23. The number of nitrogens with zero attached hydrogens (tertiary/aromatic N) is 3. The van der Waals surface area contributed by atoms with Crippen molar-refractivity contribution in [2.24, 2.45) is 0 Å². The van der Waals surface area contributed by atoms with Crippen LogP contribution in [0.4, 0.5) is 5.69 Å². The number of nitrogen functional groups attached to an aromatic ring is 1. The Morgan fingerprint density at radius 1 is 1.35 bits per heavy atom. The second kappa shape index (κ2) is 6.68. The van der Waals surface area contributed by atoms with E-state index < -0.39 is 0 Å². The molecule has 0 aliphatic carbocycles. The zero-order chi connectivity index (χ0) is 16.4. The highest BCUT2D eigenvalue weighted by molar-refractivity contribution is 5.81. The highest BCUT2D eigenvalue weighted by Gasteiger charge is 2.24. The lowest BCUT2D eigenvalue weighted by atomic mass is 9.95. The zero-order valence-corrected chi connectivity index (χ0v) is 13.8. The van der Waals surface area contributed by atoms with Crippen LogP contribution in [0.15, 0.2) is 23.0 Å². The Bertz CT molecular complexity index is 748. The minimum atomic E-state index is -0.0201. The van der Waals surface area contributed by atoms with E-state index in [4.69, 9.17) is 15.5 Å². The van der Waals surface area contributed by atoms with Gasteiger partial charge in [-0.2, -0.15) is 0 Å². The predicted molar refractivity (Wildman–Crippen MR) is 91.8 cm³/mol. The Morgan fingerprint density at radius 2 is 2.09 bits per heavy atom. The topological polar surface area (TPSA) is 73.4 Å². The van der Waals surface area contributed by atoms with Gasteiger partial charge in [0, 0.05) is 18.7 Å². The number of methoxy groups -OCH3 is 1. The van der Waals surface area contributed by atoms with Gasteiger partial charge >= 0.3 is 0 Å². The van der Waals surface area contributed by atoms with Gasteiger partial charge in [0.2, 0.25) is 0 Å². The summed E-state index contributed by atoms with van der Waals surface area (Å²) in [4.78, 5) is 20.0. The van der Waals surface area contributed by atoms with E-state index in [0.29, 0.717) is 30.1 Å². The van der Waals surface area contributed by atoms with Gasteiger partial charge in [-0.3, -0.25) is 9.36 Å². The van der Waals surface area contributed by atoms with Gasteiger partial charge < -0.3 is 15.4 Å². The molecular formula is C17H24N4O2. The Hall–Kier alpha value is -1.92. The lowest BCUT2D eigenvalue weighted by molar-refractivity contribution is 0.182. The molecule has 1 aromatic heterocycles. The standard InChI is InChI=1S/C17H24N4O2/c1-20-7-5-12(6-8-20)16-19-15-4-3-13(18)11-14(15)17(22)21(16)9-10-23-2/h3-4,11-12H,5-10,18H2,1-2H3. The van der Waals surface area contributed by atoms with E-state index in [2.05, 4.69) is 11.9 Å². The van der Waals surface area contributed by atoms with Crippen LogP contribution in [0.1, 0.15) is 24.6 Å². The van der Waals surface area contributed by atoms with Crippen molar-refractivity contribution in [3.8, 4) is 0 Å². The molecule has 0 unspecified atom stereocenters. The maximum absolute atomic E-state index is 12.9. The van der Waals surface area contributed by atoms with E-state index in [-0.39, 0.29) is 5.56 Å². The number of aromatic nitrogens is 2. The summed E-state index contributed by atoms with van der Waals surface area (Å²) in [5.74, 6) is 1.20. The summed E-state index contributed by atoms with van der Waals surface area (Å²) < 4.78 is 6.95. The van der Waals surface area contributed by atoms with E-state index in [9.17, 15) is 4.79 Å². The van der Waals surface area contributed by atoms with Gasteiger partial charge in [0.25, 0.3) is 5.56 Å². The summed E-state index contributed by atoms with van der Waals surface area (Å²) in [5, 5.41) is 0.581. The number of ether oxygens (including phenoxy) is 1. The monoisotopic (exact) mass is 316 g/mol. The molecule has 1 aliphatic rings. The summed E-state index contributed by atoms with van der Waals surface area (Å²) in [6.07, 6.45) is 2.05. The van der Waals surface area contributed by atoms with Crippen molar-refractivity contribution < 1.29 is 4.74 Å². The van der Waals surface area contributed by atoms with Crippen LogP contribution in [0.25, 0.3) is 10.9 Å². The van der Waals surface area contributed by atoms with Gasteiger partial charge in [0.15, 0.2) is 0 Å². The van der Waals surface area contributed by atoms with Crippen LogP contribution < -0.4 is 11.3 Å². The Morgan fingerprint density at radius 3 is 2.78 bits per heavy atom. The van der Waals surface area contributed by atoms with Gasteiger partial charge in [-0.15, -0.1) is 0 Å². The van der Waals surface area contributed by atoms with Crippen LogP contribution in [0.3, 0.4) is 0 Å². The van der Waals surface area contributed by atoms with Crippen LogP contribution in [0.2, 0.25) is 0 Å². The molecule has 1 fully saturated rings. The first-order chi connectivity index (χ1) is 11.1. The van der Waals surface area contributed by atoms with Crippen LogP contribution in [-0.2, 0) is 11.3 Å². The van der Waals surface area contributed by atoms with Gasteiger partial charge in [-0.25, -0.2) is 4.98 Å². The number of anilines is 1. The molecule has 2 aromatic rings. The number of likely N-dealkylation sites (tertiary alicyclic amines) is 1. The van der Waals surface area contributed by atoms with E-state index in [1.54, 1.807) is 23.8 Å². The Balaban J connectivity index is 2.10. The molecule has 0 radical (unpaired) electrons. The van der Waals surface area contributed by atoms with Crippen molar-refractivity contribution in [2.45, 2.75) is 25.3 Å². The maximum Gasteiger partial charge on any atom is 0.261 e. The highest BCUT2D eigenvalue weighted by atomic mass is 16.5. The molecule has 124 valence electrons. The van der Waals surface area contributed by atoms with E-state index in [1.807, 2.05) is 6.07 Å². The normalized spacial score (nSPS) is 17.0. The van der Waals surface area contributed by atoms with Crippen LogP contribution in [-0.4, -0.2) is 48.3 Å². The zero-order valence-electron chi connectivity index (χ0n) is 13.8. The van der Waals surface area contributed by atoms with E-state index in [1.165, 1.54) is 0 Å². The summed E-state index contributed by atoms with van der Waals surface area (Å²) in [7, 11) is 3.78. The lowest BCUT2D eigenvalue weighted by Crippen LogP contribution is -2.34. The first-order valence-electron chi connectivity index (χ1n) is 8.07. The van der Waals surface area contributed by atoms with Gasteiger partial charge in [0.1, 0.15) is 5.82 Å². The van der Waals surface area contributed by atoms with E-state index >= 15 is 0 Å². The largest absolute Gasteiger partial charge is 0.399 e. The smallest absolute Gasteiger partial charge is 0.261 e. The maximum atomic E-state index is 12.9. The molecule has 0 saturated carbocycles. The molecule has 6 nitrogen and oxygen atoms in total. The minimum absolute atomic E-state index is 0.0201. The minimum Gasteiger partial charge on any atom is -0.399 e. The van der Waals surface area contributed by atoms with Crippen LogP contribution in [0.5, 0.6) is 0 Å². The quantitative estimate of drug-likeness (QED) is 0.864. The molecule has 0 spiro atoms. The molecule has 6 heteroatoms. The second-order valence-corrected chi connectivity index (χ2v) is 6.27. The fraction of sp³-hybridized carbons (Fsp3) is 0.529. The summed E-state index contributed by atoms with van der Waals surface area (Å²) in [6, 6.07) is 5.35.